The van der Waals surface area contributed by atoms with Crippen LogP contribution in [0.15, 0.2) is 49.0 Å². The Hall–Kier alpha value is -4.12. The molecule has 0 aliphatic rings. The molecule has 0 saturated carbocycles. The van der Waals surface area contributed by atoms with Crippen LogP contribution in [0.1, 0.15) is 69.3 Å². The van der Waals surface area contributed by atoms with E-state index in [0.717, 1.165) is 16.7 Å². The van der Waals surface area contributed by atoms with Gasteiger partial charge in [0, 0.05) is 5.69 Å². The number of aryl methyl sites for hydroxylation is 2. The number of hydrogen-bond donors (Lipinski definition) is 2. The first-order valence-electron chi connectivity index (χ1n) is 13.1. The highest BCUT2D eigenvalue weighted by Crippen LogP contribution is 2.28. The van der Waals surface area contributed by atoms with E-state index in [4.69, 9.17) is 4.74 Å². The van der Waals surface area contributed by atoms with Crippen molar-refractivity contribution < 1.29 is 19.1 Å². The van der Waals surface area contributed by atoms with E-state index in [0.29, 0.717) is 17.7 Å². The van der Waals surface area contributed by atoms with E-state index in [9.17, 15) is 19.6 Å². The molecule has 8 nitrogen and oxygen atoms in total. The summed E-state index contributed by atoms with van der Waals surface area (Å²) < 4.78 is 5.40. The van der Waals surface area contributed by atoms with Gasteiger partial charge in [0.25, 0.3) is 5.91 Å². The summed E-state index contributed by atoms with van der Waals surface area (Å²) in [5, 5.41) is 15.4. The highest BCUT2D eigenvalue weighted by Gasteiger charge is 2.38. The van der Waals surface area contributed by atoms with Gasteiger partial charge in [-0.15, -0.1) is 0 Å². The van der Waals surface area contributed by atoms with Crippen molar-refractivity contribution in [3.05, 3.63) is 71.3 Å². The molecular formula is C31H40N4O4. The first-order chi connectivity index (χ1) is 18.3. The number of rotatable bonds is 10. The number of benzene rings is 2. The highest BCUT2D eigenvalue weighted by atomic mass is 16.6. The van der Waals surface area contributed by atoms with Gasteiger partial charge >= 0.3 is 6.09 Å². The summed E-state index contributed by atoms with van der Waals surface area (Å²) in [4.78, 5) is 42.0. The third-order valence-electron chi connectivity index (χ3n) is 6.43. The fraction of sp³-hybridized carbons (Fsp3) is 0.419. The Morgan fingerprint density at radius 1 is 1.13 bits per heavy atom. The van der Waals surface area contributed by atoms with Crippen LogP contribution >= 0.6 is 0 Å². The molecule has 0 radical (unpaired) electrons. The molecule has 3 atom stereocenters. The number of nitrogens with zero attached hydrogens (tertiary/aromatic N) is 2. The molecule has 0 bridgehead atoms. The van der Waals surface area contributed by atoms with Gasteiger partial charge in [-0.2, -0.15) is 5.26 Å². The zero-order chi connectivity index (χ0) is 29.3. The van der Waals surface area contributed by atoms with Gasteiger partial charge in [-0.05, 0) is 68.9 Å². The highest BCUT2D eigenvalue weighted by molar-refractivity contribution is 6.00. The van der Waals surface area contributed by atoms with Crippen LogP contribution in [-0.4, -0.2) is 41.0 Å². The van der Waals surface area contributed by atoms with Crippen LogP contribution in [0.25, 0.3) is 6.08 Å². The fourth-order valence-corrected chi connectivity index (χ4v) is 4.20. The molecule has 3 amide bonds. The Morgan fingerprint density at radius 2 is 1.74 bits per heavy atom. The minimum absolute atomic E-state index is 0.298. The van der Waals surface area contributed by atoms with Gasteiger partial charge < -0.3 is 20.3 Å². The minimum atomic E-state index is -1.15. The normalized spacial score (nSPS) is 13.3. The summed E-state index contributed by atoms with van der Waals surface area (Å²) >= 11 is 0. The Balaban J connectivity index is 2.61. The minimum Gasteiger partial charge on any atom is -0.444 e. The second-order valence-electron chi connectivity index (χ2n) is 10.7. The van der Waals surface area contributed by atoms with Crippen LogP contribution in [0.3, 0.4) is 0 Å². The Labute approximate surface area is 232 Å². The zero-order valence-electron chi connectivity index (χ0n) is 24.0. The number of nitrogens with one attached hydrogen (secondary N) is 2. The summed E-state index contributed by atoms with van der Waals surface area (Å²) in [6.07, 6.45) is 1.47. The summed E-state index contributed by atoms with van der Waals surface area (Å²) in [5.74, 6) is -1.33. The van der Waals surface area contributed by atoms with Gasteiger partial charge in [0.15, 0.2) is 0 Å². The van der Waals surface area contributed by atoms with Gasteiger partial charge in [0.1, 0.15) is 24.2 Å². The third kappa shape index (κ3) is 8.44. The number of carbonyl (C=O) groups excluding carboxylic acids is 3. The molecule has 0 aliphatic carbocycles. The Kier molecular flexibility index (Phi) is 10.9. The summed E-state index contributed by atoms with van der Waals surface area (Å²) in [6, 6.07) is 12.6. The van der Waals surface area contributed by atoms with Crippen molar-refractivity contribution in [2.75, 3.05) is 11.9 Å². The predicted octanol–water partition coefficient (Wildman–Crippen LogP) is 5.92. The van der Waals surface area contributed by atoms with E-state index in [1.165, 1.54) is 4.90 Å². The first kappa shape index (κ1) is 31.1. The molecule has 2 rings (SSSR count). The lowest BCUT2D eigenvalue weighted by Crippen LogP contribution is -2.54. The smallest absolute Gasteiger partial charge is 0.408 e. The molecule has 2 aromatic rings. The van der Waals surface area contributed by atoms with Gasteiger partial charge in [-0.3, -0.25) is 9.59 Å². The van der Waals surface area contributed by atoms with Crippen molar-refractivity contribution in [3.63, 3.8) is 0 Å². The maximum absolute atomic E-state index is 14.1. The fourth-order valence-electron chi connectivity index (χ4n) is 4.20. The van der Waals surface area contributed by atoms with E-state index >= 15 is 0 Å². The van der Waals surface area contributed by atoms with Crippen molar-refractivity contribution in [1.82, 2.24) is 10.2 Å². The zero-order valence-corrected chi connectivity index (χ0v) is 24.0. The average molecular weight is 533 g/mol. The summed E-state index contributed by atoms with van der Waals surface area (Å²) in [7, 11) is 0. The lowest BCUT2D eigenvalue weighted by Gasteiger charge is -2.35. The van der Waals surface area contributed by atoms with Gasteiger partial charge in [0.2, 0.25) is 5.91 Å². The number of anilines is 1. The standard InChI is InChI=1S/C31H40N4O4/c1-9-20(3)26(34-30(38)39-31(6,7)8)29(37)35(18-17-32)27(24-16-12-15-23(10-2)19-24)28(36)33-25-21(4)13-11-14-22(25)5/h10-16,19-20,26-27H,2,9,18H2,1,3-8H3,(H,33,36)(H,34,38). The molecule has 39 heavy (non-hydrogen) atoms. The molecule has 0 fully saturated rings. The Bertz CT molecular complexity index is 1220. The van der Waals surface area contributed by atoms with E-state index in [-0.39, 0.29) is 12.5 Å². The van der Waals surface area contributed by atoms with Crippen molar-refractivity contribution in [2.24, 2.45) is 5.92 Å². The van der Waals surface area contributed by atoms with Crippen molar-refractivity contribution >= 4 is 29.7 Å². The number of alkyl carbamates (subject to hydrolysis) is 1. The number of para-hydroxylation sites is 1. The first-order valence-corrected chi connectivity index (χ1v) is 13.1. The number of nitriles is 1. The third-order valence-corrected chi connectivity index (χ3v) is 6.43. The molecule has 0 spiro atoms. The maximum atomic E-state index is 14.1. The molecule has 8 heteroatoms. The topological polar surface area (TPSA) is 112 Å². The largest absolute Gasteiger partial charge is 0.444 e. The maximum Gasteiger partial charge on any atom is 0.408 e. The Morgan fingerprint density at radius 3 is 2.28 bits per heavy atom. The molecule has 0 heterocycles. The van der Waals surface area contributed by atoms with Crippen LogP contribution in [0.5, 0.6) is 0 Å². The molecule has 0 aromatic heterocycles. The monoisotopic (exact) mass is 532 g/mol. The molecule has 2 N–H and O–H groups in total. The number of ether oxygens (including phenoxy) is 1. The molecule has 3 unspecified atom stereocenters. The molecular weight excluding hydrogens is 492 g/mol. The molecule has 0 aliphatic heterocycles. The quantitative estimate of drug-likeness (QED) is 0.369. The average Bonchev–Trinajstić information content (AvgIpc) is 2.87. The van der Waals surface area contributed by atoms with Crippen molar-refractivity contribution in [1.29, 1.82) is 5.26 Å². The number of hydrogen-bond acceptors (Lipinski definition) is 5. The van der Waals surface area contributed by atoms with Crippen LogP contribution in [-0.2, 0) is 14.3 Å². The van der Waals surface area contributed by atoms with Crippen LogP contribution < -0.4 is 10.6 Å². The van der Waals surface area contributed by atoms with Crippen LogP contribution in [0.4, 0.5) is 10.5 Å². The van der Waals surface area contributed by atoms with E-state index in [1.54, 1.807) is 45.0 Å². The molecule has 208 valence electrons. The summed E-state index contributed by atoms with van der Waals surface area (Å²) in [5.41, 5.74) is 2.88. The number of amides is 3. The lowest BCUT2D eigenvalue weighted by atomic mass is 9.95. The lowest BCUT2D eigenvalue weighted by molar-refractivity contribution is -0.141. The SMILES string of the molecule is C=Cc1cccc(C(C(=O)Nc2c(C)cccc2C)N(CC#N)C(=O)C(NC(=O)OC(C)(C)C)C(C)CC)c1. The molecule has 2 aromatic carbocycles. The van der Waals surface area contributed by atoms with E-state index < -0.39 is 35.6 Å². The van der Waals surface area contributed by atoms with E-state index in [2.05, 4.69) is 17.2 Å². The van der Waals surface area contributed by atoms with Gasteiger partial charge in [-0.25, -0.2) is 4.79 Å². The van der Waals surface area contributed by atoms with Crippen molar-refractivity contribution in [2.45, 2.75) is 72.6 Å². The molecule has 0 saturated heterocycles. The van der Waals surface area contributed by atoms with Crippen molar-refractivity contribution in [3.8, 4) is 6.07 Å². The van der Waals surface area contributed by atoms with Crippen LogP contribution in [0.2, 0.25) is 0 Å². The van der Waals surface area contributed by atoms with Crippen LogP contribution in [0, 0.1) is 31.1 Å². The van der Waals surface area contributed by atoms with Gasteiger partial charge in [-0.1, -0.05) is 69.3 Å². The number of carbonyl (C=O) groups is 3. The summed E-state index contributed by atoms with van der Waals surface area (Å²) in [6.45, 7) is 16.1. The van der Waals surface area contributed by atoms with E-state index in [1.807, 2.05) is 58.0 Å². The van der Waals surface area contributed by atoms with Gasteiger partial charge in [0.05, 0.1) is 6.07 Å². The predicted molar refractivity (Wildman–Crippen MR) is 154 cm³/mol. The second kappa shape index (κ2) is 13.6. The second-order valence-corrected chi connectivity index (χ2v) is 10.7.